The Hall–Kier alpha value is -1.96. The second-order valence-corrected chi connectivity index (χ2v) is 11.9. The van der Waals surface area contributed by atoms with Crippen LogP contribution >= 0.6 is 35.3 Å². The summed E-state index contributed by atoms with van der Waals surface area (Å²) < 4.78 is -1.76. The number of carbonyl (C=O) groups is 3. The molecule has 29 heavy (non-hydrogen) atoms. The number of carbonyl (C=O) groups excluding carboxylic acids is 3. The fourth-order valence-corrected chi connectivity index (χ4v) is 10.3. The lowest BCUT2D eigenvalue weighted by Gasteiger charge is -2.32. The third kappa shape index (κ3) is 2.47. The summed E-state index contributed by atoms with van der Waals surface area (Å²) in [5.74, 6) is -1.15. The summed E-state index contributed by atoms with van der Waals surface area (Å²) in [6, 6.07) is 18.4. The van der Waals surface area contributed by atoms with Crippen LogP contribution in [0.5, 0.6) is 0 Å². The highest BCUT2D eigenvalue weighted by molar-refractivity contribution is 8.42. The molecule has 0 aromatic heterocycles. The van der Waals surface area contributed by atoms with Gasteiger partial charge in [0, 0.05) is 5.75 Å². The Kier molecular flexibility index (Phi) is 4.46. The molecule has 0 radical (unpaired) electrons. The van der Waals surface area contributed by atoms with Crippen molar-refractivity contribution >= 4 is 57.9 Å². The van der Waals surface area contributed by atoms with E-state index in [2.05, 4.69) is 6.58 Å². The Labute approximate surface area is 181 Å². The van der Waals surface area contributed by atoms with Crippen LogP contribution in [0.1, 0.15) is 5.56 Å². The van der Waals surface area contributed by atoms with Crippen molar-refractivity contribution in [3.05, 3.63) is 78.9 Å². The predicted octanol–water partition coefficient (Wildman–Crippen LogP) is 4.28. The molecule has 2 aromatic rings. The summed E-state index contributed by atoms with van der Waals surface area (Å²) in [6.07, 6.45) is 1.77. The van der Waals surface area contributed by atoms with Gasteiger partial charge in [0.2, 0.25) is 16.9 Å². The normalized spacial score (nSPS) is 32.7. The van der Waals surface area contributed by atoms with E-state index in [1.165, 1.54) is 40.2 Å². The lowest BCUT2D eigenvalue weighted by Crippen LogP contribution is -2.43. The molecule has 3 heterocycles. The Morgan fingerprint density at radius 2 is 1.59 bits per heavy atom. The standard InChI is InChI=1S/C22H17NO3S3/c1-2-13-27-22-17-16(18(24)23(19(17)25)15-11-7-4-8-12-15)21(29-22,20(26)28-22)14-9-5-3-6-10-14/h2-12,16-17H,1,13H2. The van der Waals surface area contributed by atoms with Crippen LogP contribution in [-0.2, 0) is 19.1 Å². The minimum Gasteiger partial charge on any atom is -0.285 e. The number of nitrogens with zero attached hydrogens (tertiary/aromatic N) is 1. The largest absolute Gasteiger partial charge is 0.285 e. The van der Waals surface area contributed by atoms with Crippen molar-refractivity contribution in [2.75, 3.05) is 10.7 Å². The van der Waals surface area contributed by atoms with E-state index in [0.717, 1.165) is 5.56 Å². The molecule has 3 fully saturated rings. The minimum absolute atomic E-state index is 0.0393. The Morgan fingerprint density at radius 1 is 0.966 bits per heavy atom. The number of rotatable bonds is 5. The molecular weight excluding hydrogens is 422 g/mol. The van der Waals surface area contributed by atoms with Crippen molar-refractivity contribution in [1.82, 2.24) is 0 Å². The van der Waals surface area contributed by atoms with Gasteiger partial charge in [-0.2, -0.15) is 0 Å². The zero-order valence-corrected chi connectivity index (χ0v) is 17.8. The van der Waals surface area contributed by atoms with Gasteiger partial charge in [-0.3, -0.25) is 14.4 Å². The van der Waals surface area contributed by atoms with Crippen LogP contribution in [0.4, 0.5) is 5.69 Å². The molecule has 146 valence electrons. The molecule has 3 aliphatic rings. The molecule has 2 aromatic carbocycles. The van der Waals surface area contributed by atoms with Crippen molar-refractivity contribution < 1.29 is 14.4 Å². The molecule has 7 heteroatoms. The van der Waals surface area contributed by atoms with Crippen molar-refractivity contribution in [3.63, 3.8) is 0 Å². The summed E-state index contributed by atoms with van der Waals surface area (Å²) in [6.45, 7) is 3.79. The molecule has 3 saturated heterocycles. The highest BCUT2D eigenvalue weighted by Crippen LogP contribution is 2.78. The number of benzene rings is 2. The number of para-hydroxylation sites is 1. The SMILES string of the molecule is C=CCSC12SC(=O)C(c3ccccc3)(S1)C1C(=O)N(c3ccccc3)C(=O)C12. The third-order valence-electron chi connectivity index (χ3n) is 5.59. The number of amides is 2. The quantitative estimate of drug-likeness (QED) is 0.512. The van der Waals surface area contributed by atoms with Gasteiger partial charge in [-0.15, -0.1) is 30.1 Å². The summed E-state index contributed by atoms with van der Waals surface area (Å²) in [5, 5.41) is -0.0393. The third-order valence-corrected chi connectivity index (χ3v) is 11.1. The summed E-state index contributed by atoms with van der Waals surface area (Å²) >= 11 is 4.24. The molecule has 0 aliphatic carbocycles. The number of imide groups is 1. The molecule has 4 nitrogen and oxygen atoms in total. The maximum absolute atomic E-state index is 13.6. The summed E-state index contributed by atoms with van der Waals surface area (Å²) in [5.41, 5.74) is 1.36. The smallest absolute Gasteiger partial charge is 0.240 e. The number of thioether (sulfide) groups is 3. The number of hydrogen-bond donors (Lipinski definition) is 0. The average molecular weight is 440 g/mol. The highest BCUT2D eigenvalue weighted by atomic mass is 32.3. The first-order chi connectivity index (χ1) is 14.0. The number of anilines is 1. The van der Waals surface area contributed by atoms with Gasteiger partial charge in [-0.1, -0.05) is 66.4 Å². The first-order valence-electron chi connectivity index (χ1n) is 9.22. The van der Waals surface area contributed by atoms with Crippen LogP contribution in [0.3, 0.4) is 0 Å². The van der Waals surface area contributed by atoms with E-state index < -0.39 is 20.0 Å². The van der Waals surface area contributed by atoms with Gasteiger partial charge in [0.25, 0.3) is 0 Å². The van der Waals surface area contributed by atoms with E-state index in [4.69, 9.17) is 0 Å². The van der Waals surface area contributed by atoms with Crippen LogP contribution < -0.4 is 4.90 Å². The van der Waals surface area contributed by atoms with Crippen LogP contribution in [-0.4, -0.2) is 26.1 Å². The topological polar surface area (TPSA) is 54.5 Å². The van der Waals surface area contributed by atoms with Crippen molar-refractivity contribution in [2.24, 2.45) is 11.8 Å². The summed E-state index contributed by atoms with van der Waals surface area (Å²) in [7, 11) is 0. The summed E-state index contributed by atoms with van der Waals surface area (Å²) in [4.78, 5) is 41.9. The van der Waals surface area contributed by atoms with Crippen molar-refractivity contribution in [2.45, 2.75) is 8.16 Å². The highest BCUT2D eigenvalue weighted by Gasteiger charge is 2.80. The Balaban J connectivity index is 1.69. The van der Waals surface area contributed by atoms with Gasteiger partial charge in [0.15, 0.2) is 0 Å². The predicted molar refractivity (Wildman–Crippen MR) is 120 cm³/mol. The lowest BCUT2D eigenvalue weighted by atomic mass is 9.79. The second kappa shape index (κ2) is 6.79. The lowest BCUT2D eigenvalue weighted by molar-refractivity contribution is -0.126. The molecule has 0 saturated carbocycles. The number of fused-ring (bicyclic) bond motifs is 5. The average Bonchev–Trinajstić information content (AvgIpc) is 3.32. The Morgan fingerprint density at radius 3 is 2.24 bits per heavy atom. The van der Waals surface area contributed by atoms with E-state index in [1.54, 1.807) is 18.2 Å². The maximum atomic E-state index is 13.6. The molecule has 3 aliphatic heterocycles. The van der Waals surface area contributed by atoms with Crippen LogP contribution in [0.25, 0.3) is 0 Å². The molecule has 2 amide bonds. The van der Waals surface area contributed by atoms with Gasteiger partial charge in [0.05, 0.1) is 17.5 Å². The molecule has 4 atom stereocenters. The van der Waals surface area contributed by atoms with Gasteiger partial charge in [-0.25, -0.2) is 4.90 Å². The molecule has 5 rings (SSSR count). The zero-order chi connectivity index (χ0) is 20.2. The first kappa shape index (κ1) is 19.0. The van der Waals surface area contributed by atoms with Gasteiger partial charge in [0.1, 0.15) is 8.16 Å². The van der Waals surface area contributed by atoms with Crippen LogP contribution in [0.2, 0.25) is 0 Å². The molecular formula is C22H17NO3S3. The van der Waals surface area contributed by atoms with Crippen LogP contribution in [0.15, 0.2) is 73.3 Å². The fraction of sp³-hybridized carbons (Fsp3) is 0.227. The molecule has 0 N–H and O–H groups in total. The van der Waals surface area contributed by atoms with E-state index in [0.29, 0.717) is 11.4 Å². The van der Waals surface area contributed by atoms with Crippen molar-refractivity contribution in [3.8, 4) is 0 Å². The van der Waals surface area contributed by atoms with E-state index in [-0.39, 0.29) is 16.9 Å². The second-order valence-electron chi connectivity index (χ2n) is 7.10. The first-order valence-corrected chi connectivity index (χ1v) is 11.8. The molecule has 0 spiro atoms. The fourth-order valence-electron chi connectivity index (χ4n) is 4.44. The van der Waals surface area contributed by atoms with Gasteiger partial charge >= 0.3 is 0 Å². The van der Waals surface area contributed by atoms with E-state index in [9.17, 15) is 14.4 Å². The van der Waals surface area contributed by atoms with Crippen molar-refractivity contribution in [1.29, 1.82) is 0 Å². The van der Waals surface area contributed by atoms with Gasteiger partial charge in [-0.05, 0) is 17.7 Å². The monoisotopic (exact) mass is 439 g/mol. The molecule has 4 unspecified atom stereocenters. The zero-order valence-electron chi connectivity index (χ0n) is 15.3. The van der Waals surface area contributed by atoms with E-state index >= 15 is 0 Å². The number of hydrogen-bond acceptors (Lipinski definition) is 6. The van der Waals surface area contributed by atoms with Gasteiger partial charge < -0.3 is 0 Å². The maximum Gasteiger partial charge on any atom is 0.240 e. The van der Waals surface area contributed by atoms with E-state index in [1.807, 2.05) is 48.5 Å². The Bertz CT molecular complexity index is 1030. The van der Waals surface area contributed by atoms with Crippen LogP contribution in [0, 0.1) is 11.8 Å². The minimum atomic E-state index is -1.04. The molecule has 2 bridgehead atoms.